The van der Waals surface area contributed by atoms with Gasteiger partial charge in [-0.3, -0.25) is 0 Å². The van der Waals surface area contributed by atoms with Gasteiger partial charge < -0.3 is 0 Å². The fraction of sp³-hybridized carbons (Fsp3) is 0.400. The lowest BCUT2D eigenvalue weighted by molar-refractivity contribution is 0.491. The van der Waals surface area contributed by atoms with E-state index in [1.54, 1.807) is 6.07 Å². The van der Waals surface area contributed by atoms with Gasteiger partial charge in [-0.25, -0.2) is 8.78 Å². The van der Waals surface area contributed by atoms with E-state index >= 15 is 0 Å². The Balaban J connectivity index is 2.80. The van der Waals surface area contributed by atoms with E-state index < -0.39 is 11.6 Å². The summed E-state index contributed by atoms with van der Waals surface area (Å²) in [5.74, 6) is -1.21. The summed E-state index contributed by atoms with van der Waals surface area (Å²) in [6, 6.07) is 4.29. The molecule has 0 saturated carbocycles. The molecule has 0 heterocycles. The first-order valence-corrected chi connectivity index (χ1v) is 6.48. The standard InChI is InChI=1S/C10H10Br2F2/c11-5-7(6-12)4-8-2-1-3-9(13)10(8)14/h1-3,7H,4-6H2. The molecule has 0 bridgehead atoms. The molecule has 0 amide bonds. The third kappa shape index (κ3) is 3.02. The summed E-state index contributed by atoms with van der Waals surface area (Å²) in [6.45, 7) is 0. The molecule has 4 heteroatoms. The van der Waals surface area contributed by atoms with Crippen molar-refractivity contribution in [3.05, 3.63) is 35.4 Å². The van der Waals surface area contributed by atoms with Crippen molar-refractivity contribution < 1.29 is 8.78 Å². The Morgan fingerprint density at radius 2 is 1.79 bits per heavy atom. The Bertz CT molecular complexity index is 298. The maximum absolute atomic E-state index is 13.2. The van der Waals surface area contributed by atoms with E-state index in [9.17, 15) is 8.78 Å². The van der Waals surface area contributed by atoms with E-state index in [0.717, 1.165) is 16.7 Å². The predicted molar refractivity (Wildman–Crippen MR) is 61.1 cm³/mol. The summed E-state index contributed by atoms with van der Waals surface area (Å²) >= 11 is 6.66. The minimum Gasteiger partial charge on any atom is -0.204 e. The highest BCUT2D eigenvalue weighted by molar-refractivity contribution is 9.09. The molecule has 0 aromatic heterocycles. The molecule has 0 aliphatic heterocycles. The zero-order chi connectivity index (χ0) is 10.6. The van der Waals surface area contributed by atoms with Crippen molar-refractivity contribution in [1.29, 1.82) is 0 Å². The van der Waals surface area contributed by atoms with Crippen LogP contribution >= 0.6 is 31.9 Å². The smallest absolute Gasteiger partial charge is 0.162 e. The van der Waals surface area contributed by atoms with Gasteiger partial charge in [0.15, 0.2) is 11.6 Å². The first-order valence-electron chi connectivity index (χ1n) is 4.23. The van der Waals surface area contributed by atoms with Gasteiger partial charge in [-0.15, -0.1) is 0 Å². The summed E-state index contributed by atoms with van der Waals surface area (Å²) in [4.78, 5) is 0. The second-order valence-corrected chi connectivity index (χ2v) is 4.39. The SMILES string of the molecule is Fc1cccc(CC(CBr)CBr)c1F. The Kier molecular flexibility index (Phi) is 5.02. The molecule has 1 rings (SSSR count). The number of alkyl halides is 2. The molecule has 1 aromatic carbocycles. The van der Waals surface area contributed by atoms with Crippen LogP contribution in [0.4, 0.5) is 8.78 Å². The average molecular weight is 328 g/mol. The van der Waals surface area contributed by atoms with Crippen LogP contribution in [0, 0.1) is 17.6 Å². The number of hydrogen-bond donors (Lipinski definition) is 0. The molecule has 14 heavy (non-hydrogen) atoms. The fourth-order valence-corrected chi connectivity index (χ4v) is 2.70. The molecule has 0 atom stereocenters. The molecular weight excluding hydrogens is 318 g/mol. The van der Waals surface area contributed by atoms with E-state index in [2.05, 4.69) is 31.9 Å². The van der Waals surface area contributed by atoms with Crippen LogP contribution in [-0.4, -0.2) is 10.7 Å². The normalized spacial score (nSPS) is 10.9. The minimum atomic E-state index is -0.773. The number of halogens is 4. The summed E-state index contributed by atoms with van der Waals surface area (Å²) in [5.41, 5.74) is 0.439. The highest BCUT2D eigenvalue weighted by Gasteiger charge is 2.12. The lowest BCUT2D eigenvalue weighted by Crippen LogP contribution is -2.09. The molecule has 0 saturated heterocycles. The first-order chi connectivity index (χ1) is 6.69. The highest BCUT2D eigenvalue weighted by Crippen LogP contribution is 2.18. The minimum absolute atomic E-state index is 0.284. The number of benzene rings is 1. The fourth-order valence-electron chi connectivity index (χ4n) is 1.17. The van der Waals surface area contributed by atoms with Gasteiger partial charge in [0, 0.05) is 10.7 Å². The maximum Gasteiger partial charge on any atom is 0.162 e. The molecule has 0 fully saturated rings. The van der Waals surface area contributed by atoms with Crippen molar-refractivity contribution in [2.24, 2.45) is 5.92 Å². The molecule has 0 N–H and O–H groups in total. The second-order valence-electron chi connectivity index (χ2n) is 3.09. The Morgan fingerprint density at radius 1 is 1.14 bits per heavy atom. The molecule has 0 aliphatic carbocycles. The summed E-state index contributed by atoms with van der Waals surface area (Å²) in [7, 11) is 0. The van der Waals surface area contributed by atoms with Crippen LogP contribution in [0.25, 0.3) is 0 Å². The van der Waals surface area contributed by atoms with Gasteiger partial charge in [-0.1, -0.05) is 44.0 Å². The molecule has 0 spiro atoms. The number of hydrogen-bond acceptors (Lipinski definition) is 0. The maximum atomic E-state index is 13.2. The van der Waals surface area contributed by atoms with Gasteiger partial charge >= 0.3 is 0 Å². The molecule has 0 radical (unpaired) electrons. The molecule has 78 valence electrons. The Morgan fingerprint density at radius 3 is 2.36 bits per heavy atom. The second kappa shape index (κ2) is 5.81. The van der Waals surface area contributed by atoms with Crippen molar-refractivity contribution in [3.63, 3.8) is 0 Å². The van der Waals surface area contributed by atoms with Gasteiger partial charge in [-0.05, 0) is 24.0 Å². The van der Waals surface area contributed by atoms with Crippen LogP contribution in [0.2, 0.25) is 0 Å². The predicted octanol–water partition coefficient (Wildman–Crippen LogP) is 3.91. The van der Waals surface area contributed by atoms with Crippen molar-refractivity contribution in [2.45, 2.75) is 6.42 Å². The summed E-state index contributed by atoms with van der Waals surface area (Å²) in [5, 5.41) is 1.54. The third-order valence-electron chi connectivity index (χ3n) is 1.98. The largest absolute Gasteiger partial charge is 0.204 e. The van der Waals surface area contributed by atoms with Crippen molar-refractivity contribution in [2.75, 3.05) is 10.7 Å². The van der Waals surface area contributed by atoms with Crippen molar-refractivity contribution in [3.8, 4) is 0 Å². The Hall–Kier alpha value is 0.0400. The first kappa shape index (κ1) is 12.1. The van der Waals surface area contributed by atoms with Gasteiger partial charge in [0.1, 0.15) is 0 Å². The van der Waals surface area contributed by atoms with E-state index in [1.807, 2.05) is 0 Å². The Labute approximate surface area is 99.0 Å². The third-order valence-corrected chi connectivity index (χ3v) is 3.81. The molecule has 1 aromatic rings. The zero-order valence-corrected chi connectivity index (χ0v) is 10.6. The van der Waals surface area contributed by atoms with Crippen LogP contribution in [-0.2, 0) is 6.42 Å². The van der Waals surface area contributed by atoms with Gasteiger partial charge in [0.25, 0.3) is 0 Å². The van der Waals surface area contributed by atoms with Crippen LogP contribution in [0.1, 0.15) is 5.56 Å². The van der Waals surface area contributed by atoms with E-state index in [0.29, 0.717) is 12.0 Å². The number of rotatable bonds is 4. The van der Waals surface area contributed by atoms with Crippen LogP contribution in [0.5, 0.6) is 0 Å². The highest BCUT2D eigenvalue weighted by atomic mass is 79.9. The van der Waals surface area contributed by atoms with E-state index in [1.165, 1.54) is 6.07 Å². The van der Waals surface area contributed by atoms with E-state index in [4.69, 9.17) is 0 Å². The molecule has 0 unspecified atom stereocenters. The van der Waals surface area contributed by atoms with Gasteiger partial charge in [-0.2, -0.15) is 0 Å². The van der Waals surface area contributed by atoms with Crippen molar-refractivity contribution in [1.82, 2.24) is 0 Å². The summed E-state index contributed by atoms with van der Waals surface area (Å²) < 4.78 is 26.1. The van der Waals surface area contributed by atoms with E-state index in [-0.39, 0.29) is 5.92 Å². The lowest BCUT2D eigenvalue weighted by Gasteiger charge is -2.10. The lowest BCUT2D eigenvalue weighted by atomic mass is 10.0. The topological polar surface area (TPSA) is 0 Å². The van der Waals surface area contributed by atoms with Gasteiger partial charge in [0.2, 0.25) is 0 Å². The zero-order valence-electron chi connectivity index (χ0n) is 7.44. The van der Waals surface area contributed by atoms with Gasteiger partial charge in [0.05, 0.1) is 0 Å². The van der Waals surface area contributed by atoms with Crippen molar-refractivity contribution >= 4 is 31.9 Å². The van der Waals surface area contributed by atoms with Crippen LogP contribution in [0.15, 0.2) is 18.2 Å². The molecule has 0 nitrogen and oxygen atoms in total. The average Bonchev–Trinajstić information content (AvgIpc) is 2.20. The van der Waals surface area contributed by atoms with Crippen LogP contribution < -0.4 is 0 Å². The molecular formula is C10H10Br2F2. The monoisotopic (exact) mass is 326 g/mol. The quantitative estimate of drug-likeness (QED) is 0.735. The molecule has 0 aliphatic rings. The van der Waals surface area contributed by atoms with Crippen LogP contribution in [0.3, 0.4) is 0 Å². The summed E-state index contributed by atoms with van der Waals surface area (Å²) in [6.07, 6.45) is 0.542.